The fourth-order valence-electron chi connectivity index (χ4n) is 0.520. The maximum atomic E-state index is 10.1. The molecule has 7 heteroatoms. The molecule has 1 unspecified atom stereocenters. The molecule has 13 heavy (non-hydrogen) atoms. The molecule has 0 rings (SSSR count). The Bertz CT molecular complexity index is 118. The number of hydrogen-bond acceptors (Lipinski definition) is 3. The van der Waals surface area contributed by atoms with Crippen molar-refractivity contribution in [2.45, 2.75) is 19.9 Å². The van der Waals surface area contributed by atoms with Crippen LogP contribution in [0.2, 0.25) is 0 Å². The van der Waals surface area contributed by atoms with Crippen LogP contribution in [0.25, 0.3) is 0 Å². The van der Waals surface area contributed by atoms with E-state index in [1.165, 1.54) is 0 Å². The summed E-state index contributed by atoms with van der Waals surface area (Å²) in [5.41, 5.74) is 0. The Kier molecular flexibility index (Phi) is 24.4. The number of aliphatic carboxylic acids is 1. The van der Waals surface area contributed by atoms with Crippen LogP contribution in [0.4, 0.5) is 0 Å². The van der Waals surface area contributed by atoms with E-state index in [1.54, 1.807) is 7.05 Å². The molecule has 0 saturated carbocycles. The summed E-state index contributed by atoms with van der Waals surface area (Å²) in [7, 11) is 2.18. The number of carboxylic acid groups (broad SMARTS) is 1. The Morgan fingerprint density at radius 2 is 2.00 bits per heavy atom. The SMILES string of the molecule is C.CNC(CCO)C(=O)O.[I][V][I]. The van der Waals surface area contributed by atoms with Gasteiger partial charge in [-0.15, -0.1) is 0 Å². The van der Waals surface area contributed by atoms with E-state index in [1.807, 2.05) is 0 Å². The number of rotatable bonds is 4. The second-order valence-electron chi connectivity index (χ2n) is 1.76. The van der Waals surface area contributed by atoms with Crippen molar-refractivity contribution in [2.75, 3.05) is 13.7 Å². The van der Waals surface area contributed by atoms with E-state index in [0.29, 0.717) is 9.47 Å². The second kappa shape index (κ2) is 15.9. The molecule has 0 aromatic rings. The van der Waals surface area contributed by atoms with Crippen LogP contribution in [0.5, 0.6) is 0 Å². The van der Waals surface area contributed by atoms with Gasteiger partial charge in [-0.05, 0) is 13.5 Å². The molecule has 0 aromatic carbocycles. The zero-order valence-electron chi connectivity index (χ0n) is 6.50. The predicted molar refractivity (Wildman–Crippen MR) is 67.0 cm³/mol. The zero-order valence-corrected chi connectivity index (χ0v) is 12.2. The van der Waals surface area contributed by atoms with Crippen molar-refractivity contribution in [3.05, 3.63) is 0 Å². The summed E-state index contributed by atoms with van der Waals surface area (Å²) in [5.74, 6) is -0.924. The molecule has 0 bridgehead atoms. The molecule has 0 saturated heterocycles. The standard InChI is InChI=1S/C5H11NO3.CH4.2HI.V/c1-6-4(2-3-7)5(8)9;;;;/h4,6-7H,2-3H2,1H3,(H,8,9);1H4;2*1H;/q;;;;+2/p-2. The van der Waals surface area contributed by atoms with Gasteiger partial charge in [0.1, 0.15) is 6.04 Å². The van der Waals surface area contributed by atoms with Crippen molar-refractivity contribution in [1.29, 1.82) is 0 Å². The van der Waals surface area contributed by atoms with Gasteiger partial charge in [0.2, 0.25) is 0 Å². The first kappa shape index (κ1) is 19.9. The Labute approximate surface area is 108 Å². The monoisotopic (exact) mass is 454 g/mol. The van der Waals surface area contributed by atoms with Crippen LogP contribution in [-0.2, 0) is 14.3 Å². The first-order valence-electron chi connectivity index (χ1n) is 3.07. The fourth-order valence-corrected chi connectivity index (χ4v) is 0.520. The predicted octanol–water partition coefficient (Wildman–Crippen LogP) is 1.45. The van der Waals surface area contributed by atoms with Crippen LogP contribution >= 0.6 is 40.0 Å². The van der Waals surface area contributed by atoms with Crippen LogP contribution in [-0.4, -0.2) is 35.9 Å². The summed E-state index contributed by atoms with van der Waals surface area (Å²) in [4.78, 5) is 10.1. The van der Waals surface area contributed by atoms with Crippen molar-refractivity contribution >= 4 is 45.9 Å². The topological polar surface area (TPSA) is 69.6 Å². The number of carboxylic acids is 1. The van der Waals surface area contributed by atoms with E-state index in [9.17, 15) is 4.79 Å². The van der Waals surface area contributed by atoms with Gasteiger partial charge in [0.05, 0.1) is 0 Å². The summed E-state index contributed by atoms with van der Waals surface area (Å²) < 4.78 is 0. The van der Waals surface area contributed by atoms with E-state index >= 15 is 0 Å². The van der Waals surface area contributed by atoms with Gasteiger partial charge < -0.3 is 15.5 Å². The van der Waals surface area contributed by atoms with Crippen LogP contribution in [0, 0.1) is 0 Å². The Hall–Kier alpha value is 1.43. The van der Waals surface area contributed by atoms with Crippen LogP contribution in [0.1, 0.15) is 13.8 Å². The van der Waals surface area contributed by atoms with Crippen molar-refractivity contribution < 1.29 is 24.5 Å². The van der Waals surface area contributed by atoms with Crippen LogP contribution < -0.4 is 5.32 Å². The quantitative estimate of drug-likeness (QED) is 0.563. The van der Waals surface area contributed by atoms with Crippen LogP contribution in [0.15, 0.2) is 0 Å². The van der Waals surface area contributed by atoms with Crippen molar-refractivity contribution in [3.8, 4) is 0 Å². The molecule has 0 aliphatic carbocycles. The van der Waals surface area contributed by atoms with E-state index in [4.69, 9.17) is 10.2 Å². The third-order valence-corrected chi connectivity index (χ3v) is 1.06. The molecular formula is C6H15I2NO3V. The number of likely N-dealkylation sites (N-methyl/N-ethyl adjacent to an activating group) is 1. The van der Waals surface area contributed by atoms with Gasteiger partial charge in [-0.1, -0.05) is 7.43 Å². The minimum absolute atomic E-state index is 0. The van der Waals surface area contributed by atoms with Crippen LogP contribution in [0.3, 0.4) is 0 Å². The number of aliphatic hydroxyl groups is 1. The Morgan fingerprint density at radius 1 is 1.62 bits per heavy atom. The number of carbonyl (C=O) groups is 1. The first-order valence-corrected chi connectivity index (χ1v) is 12.1. The van der Waals surface area contributed by atoms with Gasteiger partial charge in [-0.25, -0.2) is 0 Å². The first-order chi connectivity index (χ1) is 5.63. The summed E-state index contributed by atoms with van der Waals surface area (Å²) >= 11 is 4.74. The molecule has 81 valence electrons. The molecule has 3 N–H and O–H groups in total. The second-order valence-corrected chi connectivity index (χ2v) is 13.5. The van der Waals surface area contributed by atoms with Gasteiger partial charge in [0.15, 0.2) is 0 Å². The third-order valence-electron chi connectivity index (χ3n) is 1.06. The number of hydrogen-bond donors (Lipinski definition) is 3. The summed E-state index contributed by atoms with van der Waals surface area (Å²) in [6.45, 7) is -0.0994. The van der Waals surface area contributed by atoms with Gasteiger partial charge in [0.25, 0.3) is 0 Å². The van der Waals surface area contributed by atoms with E-state index in [2.05, 4.69) is 45.3 Å². The average Bonchev–Trinajstić information content (AvgIpc) is 2.01. The Morgan fingerprint density at radius 3 is 2.08 bits per heavy atom. The maximum absolute atomic E-state index is 10.1. The zero-order chi connectivity index (χ0) is 9.98. The summed E-state index contributed by atoms with van der Waals surface area (Å²) in [5, 5.41) is 19.2. The molecule has 0 aliphatic rings. The van der Waals surface area contributed by atoms with Crippen molar-refractivity contribution in [3.63, 3.8) is 0 Å². The number of nitrogens with one attached hydrogen (secondary N) is 1. The summed E-state index contributed by atoms with van der Waals surface area (Å²) in [6, 6.07) is -0.616. The molecular weight excluding hydrogens is 439 g/mol. The van der Waals surface area contributed by atoms with Crippen molar-refractivity contribution in [1.82, 2.24) is 5.32 Å². The molecule has 0 amide bonds. The van der Waals surface area contributed by atoms with E-state index in [-0.39, 0.29) is 20.5 Å². The molecule has 0 heterocycles. The number of halogens is 2. The normalized spacial score (nSPS) is 10.2. The molecule has 0 spiro atoms. The summed E-state index contributed by atoms with van der Waals surface area (Å²) in [6.07, 6.45) is 0.256. The van der Waals surface area contributed by atoms with Crippen molar-refractivity contribution in [2.24, 2.45) is 0 Å². The Balaban J connectivity index is -0.000000220. The minimum atomic E-state index is -0.924. The van der Waals surface area contributed by atoms with Gasteiger partial charge in [-0.2, -0.15) is 0 Å². The molecule has 1 atom stereocenters. The van der Waals surface area contributed by atoms with Gasteiger partial charge in [0, 0.05) is 6.61 Å². The molecule has 0 aliphatic heterocycles. The van der Waals surface area contributed by atoms with E-state index < -0.39 is 12.0 Å². The average molecular weight is 454 g/mol. The fraction of sp³-hybridized carbons (Fsp3) is 0.833. The van der Waals surface area contributed by atoms with E-state index in [0.717, 1.165) is 0 Å². The molecule has 0 fully saturated rings. The molecule has 0 radical (unpaired) electrons. The molecule has 0 aromatic heterocycles. The van der Waals surface area contributed by atoms with Gasteiger partial charge in [-0.3, -0.25) is 4.79 Å². The number of aliphatic hydroxyl groups excluding tert-OH is 1. The third kappa shape index (κ3) is 16.1. The van der Waals surface area contributed by atoms with Gasteiger partial charge >= 0.3 is 55.4 Å². The molecule has 4 nitrogen and oxygen atoms in total.